The molecule has 0 aromatic rings. The Morgan fingerprint density at radius 1 is 1.40 bits per heavy atom. The zero-order valence-electron chi connectivity index (χ0n) is 12.8. The van der Waals surface area contributed by atoms with E-state index in [4.69, 9.17) is 4.74 Å². The van der Waals surface area contributed by atoms with Gasteiger partial charge in [0.2, 0.25) is 5.91 Å². The van der Waals surface area contributed by atoms with Crippen molar-refractivity contribution >= 4 is 12.0 Å². The van der Waals surface area contributed by atoms with Gasteiger partial charge in [-0.05, 0) is 26.3 Å². The van der Waals surface area contributed by atoms with Crippen LogP contribution in [0.1, 0.15) is 33.6 Å². The number of carbonyl (C=O) groups is 2. The summed E-state index contributed by atoms with van der Waals surface area (Å²) in [5.74, 6) is 0.123. The van der Waals surface area contributed by atoms with E-state index in [0.29, 0.717) is 19.7 Å². The molecule has 2 N–H and O–H groups in total. The molecule has 116 valence electrons. The lowest BCUT2D eigenvalue weighted by Crippen LogP contribution is -2.51. The number of ether oxygens (including phenoxy) is 1. The molecule has 2 atom stereocenters. The number of likely N-dealkylation sites (tertiary alicyclic amines) is 1. The van der Waals surface area contributed by atoms with Gasteiger partial charge in [-0.15, -0.1) is 0 Å². The molecule has 1 fully saturated rings. The first-order chi connectivity index (χ1) is 9.58. The second-order valence-corrected chi connectivity index (χ2v) is 5.20. The van der Waals surface area contributed by atoms with Crippen molar-refractivity contribution in [2.24, 2.45) is 5.92 Å². The maximum atomic E-state index is 12.3. The van der Waals surface area contributed by atoms with Crippen molar-refractivity contribution in [2.45, 2.75) is 39.7 Å². The minimum atomic E-state index is -0.396. The van der Waals surface area contributed by atoms with Crippen molar-refractivity contribution in [3.63, 3.8) is 0 Å². The van der Waals surface area contributed by atoms with Crippen molar-refractivity contribution < 1.29 is 14.3 Å². The van der Waals surface area contributed by atoms with E-state index < -0.39 is 6.09 Å². The number of amides is 2. The molecule has 0 aliphatic carbocycles. The van der Waals surface area contributed by atoms with Crippen molar-refractivity contribution in [2.75, 3.05) is 32.8 Å². The maximum absolute atomic E-state index is 12.3. The van der Waals surface area contributed by atoms with E-state index in [1.807, 2.05) is 18.7 Å². The van der Waals surface area contributed by atoms with Crippen molar-refractivity contribution in [1.29, 1.82) is 0 Å². The SMILES string of the molecule is CCNCC(C)C(=O)N1CCCC(NC(=O)OCC)C1. The molecule has 0 spiro atoms. The molecule has 1 saturated heterocycles. The average molecular weight is 285 g/mol. The van der Waals surface area contributed by atoms with Gasteiger partial charge in [-0.2, -0.15) is 0 Å². The molecule has 2 unspecified atom stereocenters. The van der Waals surface area contributed by atoms with Gasteiger partial charge in [0.15, 0.2) is 0 Å². The molecule has 6 heteroatoms. The molecule has 0 saturated carbocycles. The summed E-state index contributed by atoms with van der Waals surface area (Å²) >= 11 is 0. The van der Waals surface area contributed by atoms with Gasteiger partial charge < -0.3 is 20.3 Å². The highest BCUT2D eigenvalue weighted by Gasteiger charge is 2.27. The van der Waals surface area contributed by atoms with Crippen LogP contribution in [0.3, 0.4) is 0 Å². The van der Waals surface area contributed by atoms with E-state index in [2.05, 4.69) is 10.6 Å². The molecule has 1 aliphatic rings. The van der Waals surface area contributed by atoms with Crippen molar-refractivity contribution in [1.82, 2.24) is 15.5 Å². The van der Waals surface area contributed by atoms with Crippen molar-refractivity contribution in [3.05, 3.63) is 0 Å². The first-order valence-electron chi connectivity index (χ1n) is 7.51. The summed E-state index contributed by atoms with van der Waals surface area (Å²) in [6.45, 7) is 9.02. The summed E-state index contributed by atoms with van der Waals surface area (Å²) in [6, 6.07) is -0.00177. The minimum absolute atomic E-state index is 0.00177. The van der Waals surface area contributed by atoms with E-state index in [0.717, 1.165) is 25.9 Å². The van der Waals surface area contributed by atoms with Crippen LogP contribution in [-0.2, 0) is 9.53 Å². The zero-order valence-corrected chi connectivity index (χ0v) is 12.8. The van der Waals surface area contributed by atoms with Gasteiger partial charge in [-0.25, -0.2) is 4.79 Å². The standard InChI is InChI=1S/C14H27N3O3/c1-4-15-9-11(3)13(18)17-8-6-7-12(10-17)16-14(19)20-5-2/h11-12,15H,4-10H2,1-3H3,(H,16,19). The van der Waals surface area contributed by atoms with Crippen LogP contribution in [0.15, 0.2) is 0 Å². The van der Waals surface area contributed by atoms with Crippen LogP contribution in [0.4, 0.5) is 4.79 Å². The Morgan fingerprint density at radius 2 is 2.15 bits per heavy atom. The molecule has 1 aliphatic heterocycles. The maximum Gasteiger partial charge on any atom is 0.407 e. The van der Waals surface area contributed by atoms with E-state index >= 15 is 0 Å². The highest BCUT2D eigenvalue weighted by Crippen LogP contribution is 2.13. The summed E-state index contributed by atoms with van der Waals surface area (Å²) in [5.41, 5.74) is 0. The van der Waals surface area contributed by atoms with Crippen LogP contribution in [0.2, 0.25) is 0 Å². The number of piperidine rings is 1. The lowest BCUT2D eigenvalue weighted by molar-refractivity contribution is -0.136. The number of nitrogens with zero attached hydrogens (tertiary/aromatic N) is 1. The number of rotatable bonds is 6. The normalized spacial score (nSPS) is 20.4. The fraction of sp³-hybridized carbons (Fsp3) is 0.857. The fourth-order valence-electron chi connectivity index (χ4n) is 2.39. The van der Waals surface area contributed by atoms with Crippen LogP contribution in [-0.4, -0.2) is 55.7 Å². The summed E-state index contributed by atoms with van der Waals surface area (Å²) < 4.78 is 4.88. The Kier molecular flexibility index (Phi) is 7.36. The summed E-state index contributed by atoms with van der Waals surface area (Å²) in [5, 5.41) is 6.01. The lowest BCUT2D eigenvalue weighted by Gasteiger charge is -2.34. The Labute approximate surface area is 121 Å². The molecular weight excluding hydrogens is 258 g/mol. The molecule has 0 aromatic heterocycles. The van der Waals surface area contributed by atoms with Gasteiger partial charge in [0.05, 0.1) is 6.61 Å². The number of alkyl carbamates (subject to hydrolysis) is 1. The van der Waals surface area contributed by atoms with Crippen LogP contribution < -0.4 is 10.6 Å². The van der Waals surface area contributed by atoms with Gasteiger partial charge in [-0.1, -0.05) is 13.8 Å². The number of hydrogen-bond acceptors (Lipinski definition) is 4. The molecule has 20 heavy (non-hydrogen) atoms. The Hall–Kier alpha value is -1.30. The van der Waals surface area contributed by atoms with Gasteiger partial charge in [-0.3, -0.25) is 4.79 Å². The molecule has 2 amide bonds. The predicted molar refractivity (Wildman–Crippen MR) is 77.5 cm³/mol. The van der Waals surface area contributed by atoms with Gasteiger partial charge in [0.25, 0.3) is 0 Å². The third kappa shape index (κ3) is 5.36. The van der Waals surface area contributed by atoms with E-state index in [-0.39, 0.29) is 17.9 Å². The van der Waals surface area contributed by atoms with E-state index in [9.17, 15) is 9.59 Å². The van der Waals surface area contributed by atoms with Crippen LogP contribution >= 0.6 is 0 Å². The molecule has 1 rings (SSSR count). The quantitative estimate of drug-likeness (QED) is 0.763. The summed E-state index contributed by atoms with van der Waals surface area (Å²) in [6.07, 6.45) is 1.41. The fourth-order valence-corrected chi connectivity index (χ4v) is 2.39. The Bertz CT molecular complexity index is 323. The first kappa shape index (κ1) is 16.8. The van der Waals surface area contributed by atoms with E-state index in [1.165, 1.54) is 0 Å². The first-order valence-corrected chi connectivity index (χ1v) is 7.51. The molecule has 0 radical (unpaired) electrons. The second-order valence-electron chi connectivity index (χ2n) is 5.20. The third-order valence-electron chi connectivity index (χ3n) is 3.45. The molecule has 0 aromatic carbocycles. The Balaban J connectivity index is 2.43. The Morgan fingerprint density at radius 3 is 2.80 bits per heavy atom. The number of nitrogens with one attached hydrogen (secondary N) is 2. The monoisotopic (exact) mass is 285 g/mol. The summed E-state index contributed by atoms with van der Waals surface area (Å²) in [4.78, 5) is 25.6. The second kappa shape index (κ2) is 8.79. The molecule has 0 bridgehead atoms. The topological polar surface area (TPSA) is 70.7 Å². The molecular formula is C14H27N3O3. The summed E-state index contributed by atoms with van der Waals surface area (Å²) in [7, 11) is 0. The minimum Gasteiger partial charge on any atom is -0.450 e. The smallest absolute Gasteiger partial charge is 0.407 e. The van der Waals surface area contributed by atoms with Crippen LogP contribution in [0.5, 0.6) is 0 Å². The molecule has 6 nitrogen and oxygen atoms in total. The highest BCUT2D eigenvalue weighted by atomic mass is 16.5. The van der Waals surface area contributed by atoms with Crippen molar-refractivity contribution in [3.8, 4) is 0 Å². The molecule has 1 heterocycles. The average Bonchev–Trinajstić information content (AvgIpc) is 2.44. The highest BCUT2D eigenvalue weighted by molar-refractivity contribution is 5.79. The predicted octanol–water partition coefficient (Wildman–Crippen LogP) is 0.969. The zero-order chi connectivity index (χ0) is 15.0. The van der Waals surface area contributed by atoms with Gasteiger partial charge >= 0.3 is 6.09 Å². The van der Waals surface area contributed by atoms with E-state index in [1.54, 1.807) is 6.92 Å². The lowest BCUT2D eigenvalue weighted by atomic mass is 10.0. The van der Waals surface area contributed by atoms with Crippen LogP contribution in [0.25, 0.3) is 0 Å². The van der Waals surface area contributed by atoms with Gasteiger partial charge in [0, 0.05) is 31.6 Å². The van der Waals surface area contributed by atoms with Crippen LogP contribution in [0, 0.1) is 5.92 Å². The third-order valence-corrected chi connectivity index (χ3v) is 3.45. The van der Waals surface area contributed by atoms with Gasteiger partial charge in [0.1, 0.15) is 0 Å². The largest absolute Gasteiger partial charge is 0.450 e. The number of carbonyl (C=O) groups excluding carboxylic acids is 2. The number of hydrogen-bond donors (Lipinski definition) is 2.